The molecular weight excluding hydrogens is 315 g/mol. The maximum Gasteiger partial charge on any atom is 0.123 e. The number of rotatable bonds is 4. The van der Waals surface area contributed by atoms with E-state index < -0.39 is 0 Å². The van der Waals surface area contributed by atoms with E-state index in [0.29, 0.717) is 5.88 Å². The van der Waals surface area contributed by atoms with Crippen molar-refractivity contribution in [3.05, 3.63) is 69.9 Å². The highest BCUT2D eigenvalue weighted by Gasteiger charge is 2.11. The van der Waals surface area contributed by atoms with Crippen LogP contribution >= 0.6 is 27.5 Å². The zero-order valence-corrected chi connectivity index (χ0v) is 12.1. The van der Waals surface area contributed by atoms with Crippen molar-refractivity contribution in [1.29, 1.82) is 0 Å². The van der Waals surface area contributed by atoms with Gasteiger partial charge in [0.1, 0.15) is 5.82 Å². The van der Waals surface area contributed by atoms with Gasteiger partial charge in [0, 0.05) is 16.3 Å². The Morgan fingerprint density at radius 3 is 2.17 bits per heavy atom. The molecule has 0 saturated heterocycles. The molecule has 0 aliphatic heterocycles. The van der Waals surface area contributed by atoms with Crippen molar-refractivity contribution in [2.24, 2.45) is 0 Å². The molecule has 0 bridgehead atoms. The fraction of sp³-hybridized carbons (Fsp3) is 0.200. The molecule has 0 N–H and O–H groups in total. The van der Waals surface area contributed by atoms with Crippen LogP contribution in [0.25, 0.3) is 0 Å². The third-order valence-corrected chi connectivity index (χ3v) is 3.82. The van der Waals surface area contributed by atoms with Crippen molar-refractivity contribution in [3.63, 3.8) is 0 Å². The molecule has 2 rings (SSSR count). The molecule has 0 nitrogen and oxygen atoms in total. The second-order valence-corrected chi connectivity index (χ2v) is 5.46. The molecule has 0 radical (unpaired) electrons. The fourth-order valence-corrected chi connectivity index (χ4v) is 2.45. The summed E-state index contributed by atoms with van der Waals surface area (Å²) in [6.45, 7) is 0. The summed E-state index contributed by atoms with van der Waals surface area (Å²) in [6.07, 6.45) is 0.825. The summed E-state index contributed by atoms with van der Waals surface area (Å²) in [5.41, 5.74) is 2.31. The Bertz CT molecular complexity index is 493. The van der Waals surface area contributed by atoms with Crippen molar-refractivity contribution in [3.8, 4) is 0 Å². The maximum absolute atomic E-state index is 12.8. The zero-order valence-electron chi connectivity index (χ0n) is 9.74. The van der Waals surface area contributed by atoms with E-state index in [2.05, 4.69) is 28.1 Å². The van der Waals surface area contributed by atoms with Crippen LogP contribution in [-0.2, 0) is 6.42 Å². The van der Waals surface area contributed by atoms with E-state index in [1.54, 1.807) is 0 Å². The van der Waals surface area contributed by atoms with Gasteiger partial charge in [-0.05, 0) is 41.8 Å². The average Bonchev–Trinajstić information content (AvgIpc) is 2.39. The van der Waals surface area contributed by atoms with Gasteiger partial charge in [0.25, 0.3) is 0 Å². The molecule has 0 spiro atoms. The summed E-state index contributed by atoms with van der Waals surface area (Å²) in [4.78, 5) is 0. The minimum Gasteiger partial charge on any atom is -0.207 e. The topological polar surface area (TPSA) is 0 Å². The molecule has 2 aromatic carbocycles. The highest BCUT2D eigenvalue weighted by Crippen LogP contribution is 2.24. The second-order valence-electron chi connectivity index (χ2n) is 4.23. The molecule has 0 fully saturated rings. The molecule has 18 heavy (non-hydrogen) atoms. The molecule has 94 valence electrons. The molecule has 0 aliphatic rings. The second kappa shape index (κ2) is 6.35. The van der Waals surface area contributed by atoms with Crippen LogP contribution in [-0.4, -0.2) is 5.88 Å². The van der Waals surface area contributed by atoms with Crippen LogP contribution in [0.4, 0.5) is 4.39 Å². The Morgan fingerprint density at radius 1 is 1.00 bits per heavy atom. The SMILES string of the molecule is Fc1ccc(CC(CCl)c2ccc(Br)cc2)cc1. The quantitative estimate of drug-likeness (QED) is 0.681. The summed E-state index contributed by atoms with van der Waals surface area (Å²) in [6, 6.07) is 14.8. The Morgan fingerprint density at radius 2 is 1.61 bits per heavy atom. The Kier molecular flexibility index (Phi) is 4.79. The highest BCUT2D eigenvalue weighted by molar-refractivity contribution is 9.10. The summed E-state index contributed by atoms with van der Waals surface area (Å²) in [5.74, 6) is 0.606. The van der Waals surface area contributed by atoms with Crippen LogP contribution in [0.15, 0.2) is 53.0 Å². The van der Waals surface area contributed by atoms with E-state index in [0.717, 1.165) is 16.5 Å². The Hall–Kier alpha value is -0.860. The molecule has 0 amide bonds. The number of halogens is 3. The van der Waals surface area contributed by atoms with Crippen molar-refractivity contribution < 1.29 is 4.39 Å². The van der Waals surface area contributed by atoms with E-state index in [-0.39, 0.29) is 11.7 Å². The van der Waals surface area contributed by atoms with E-state index in [1.165, 1.54) is 17.7 Å². The normalized spacial score (nSPS) is 12.4. The van der Waals surface area contributed by atoms with Crippen molar-refractivity contribution in [1.82, 2.24) is 0 Å². The van der Waals surface area contributed by atoms with Gasteiger partial charge in [0.2, 0.25) is 0 Å². The van der Waals surface area contributed by atoms with Gasteiger partial charge in [-0.15, -0.1) is 11.6 Å². The molecule has 1 atom stereocenters. The minimum absolute atomic E-state index is 0.204. The standard InChI is InChI=1S/C15H13BrClF/c16-14-5-3-12(4-6-14)13(10-17)9-11-1-7-15(18)8-2-11/h1-8,13H,9-10H2. The molecule has 0 aromatic heterocycles. The highest BCUT2D eigenvalue weighted by atomic mass is 79.9. The zero-order chi connectivity index (χ0) is 13.0. The first kappa shape index (κ1) is 13.6. The average molecular weight is 328 g/mol. The molecular formula is C15H13BrClF. The van der Waals surface area contributed by atoms with Gasteiger partial charge >= 0.3 is 0 Å². The van der Waals surface area contributed by atoms with E-state index >= 15 is 0 Å². The third-order valence-electron chi connectivity index (χ3n) is 2.92. The maximum atomic E-state index is 12.8. The van der Waals surface area contributed by atoms with Crippen LogP contribution < -0.4 is 0 Å². The van der Waals surface area contributed by atoms with Crippen molar-refractivity contribution in [2.75, 3.05) is 5.88 Å². The Labute approximate surface area is 120 Å². The number of benzene rings is 2. The van der Waals surface area contributed by atoms with Crippen LogP contribution in [0.2, 0.25) is 0 Å². The lowest BCUT2D eigenvalue weighted by Crippen LogP contribution is -2.04. The summed E-state index contributed by atoms with van der Waals surface area (Å²) < 4.78 is 13.9. The molecule has 3 heteroatoms. The van der Waals surface area contributed by atoms with Crippen LogP contribution in [0.5, 0.6) is 0 Å². The van der Waals surface area contributed by atoms with Gasteiger partial charge in [-0.25, -0.2) is 4.39 Å². The van der Waals surface area contributed by atoms with Gasteiger partial charge in [0.05, 0.1) is 0 Å². The lowest BCUT2D eigenvalue weighted by Gasteiger charge is -2.14. The molecule has 0 aliphatic carbocycles. The Balaban J connectivity index is 2.14. The largest absolute Gasteiger partial charge is 0.207 e. The number of hydrogen-bond donors (Lipinski definition) is 0. The van der Waals surface area contributed by atoms with E-state index in [9.17, 15) is 4.39 Å². The fourth-order valence-electron chi connectivity index (χ4n) is 1.90. The van der Waals surface area contributed by atoms with Gasteiger partial charge < -0.3 is 0 Å². The number of alkyl halides is 1. The first-order chi connectivity index (χ1) is 8.69. The molecule has 0 heterocycles. The lowest BCUT2D eigenvalue weighted by molar-refractivity contribution is 0.626. The summed E-state index contributed by atoms with van der Waals surface area (Å²) in [5, 5.41) is 0. The van der Waals surface area contributed by atoms with Crippen LogP contribution in [0, 0.1) is 5.82 Å². The van der Waals surface area contributed by atoms with Gasteiger partial charge in [-0.3, -0.25) is 0 Å². The summed E-state index contributed by atoms with van der Waals surface area (Å²) >= 11 is 9.45. The predicted molar refractivity (Wildman–Crippen MR) is 77.7 cm³/mol. The van der Waals surface area contributed by atoms with Gasteiger partial charge in [-0.2, -0.15) is 0 Å². The number of hydrogen-bond acceptors (Lipinski definition) is 0. The minimum atomic E-state index is -0.204. The lowest BCUT2D eigenvalue weighted by atomic mass is 9.94. The molecule has 2 aromatic rings. The predicted octanol–water partition coefficient (Wildman–Crippen LogP) is 5.15. The smallest absolute Gasteiger partial charge is 0.123 e. The first-order valence-corrected chi connectivity index (χ1v) is 7.07. The van der Waals surface area contributed by atoms with Crippen molar-refractivity contribution >= 4 is 27.5 Å². The molecule has 0 saturated carbocycles. The third kappa shape index (κ3) is 3.56. The van der Waals surface area contributed by atoms with Gasteiger partial charge in [0.15, 0.2) is 0 Å². The van der Waals surface area contributed by atoms with E-state index in [4.69, 9.17) is 11.6 Å². The first-order valence-electron chi connectivity index (χ1n) is 5.75. The van der Waals surface area contributed by atoms with E-state index in [1.807, 2.05) is 24.3 Å². The van der Waals surface area contributed by atoms with Crippen molar-refractivity contribution in [2.45, 2.75) is 12.3 Å². The van der Waals surface area contributed by atoms with Crippen LogP contribution in [0.1, 0.15) is 17.0 Å². The molecule has 1 unspecified atom stereocenters. The van der Waals surface area contributed by atoms with Crippen LogP contribution in [0.3, 0.4) is 0 Å². The monoisotopic (exact) mass is 326 g/mol. The van der Waals surface area contributed by atoms with Gasteiger partial charge in [-0.1, -0.05) is 40.2 Å². The summed E-state index contributed by atoms with van der Waals surface area (Å²) in [7, 11) is 0.